The third-order valence-electron chi connectivity index (χ3n) is 2.17. The molecule has 0 aliphatic heterocycles. The first-order chi connectivity index (χ1) is 7.51. The van der Waals surface area contributed by atoms with Crippen molar-refractivity contribution in [3.05, 3.63) is 24.3 Å². The summed E-state index contributed by atoms with van der Waals surface area (Å²) in [4.78, 5) is 9.09. The van der Waals surface area contributed by atoms with Gasteiger partial charge in [0.1, 0.15) is 5.75 Å². The van der Waals surface area contributed by atoms with Gasteiger partial charge in [0.15, 0.2) is 7.37 Å². The van der Waals surface area contributed by atoms with Crippen LogP contribution in [0, 0.1) is 0 Å². The van der Waals surface area contributed by atoms with Crippen molar-refractivity contribution in [1.29, 1.82) is 0 Å². The minimum absolute atomic E-state index is 0.357. The predicted molar refractivity (Wildman–Crippen MR) is 66.7 cm³/mol. The first-order valence-corrected chi connectivity index (χ1v) is 7.48. The van der Waals surface area contributed by atoms with Crippen LogP contribution in [0.1, 0.15) is 6.42 Å². The second-order valence-corrected chi connectivity index (χ2v) is 6.33. The molecule has 1 aromatic carbocycles. The maximum absolute atomic E-state index is 11.0. The largest absolute Gasteiger partial charge is 0.497 e. The normalized spacial score (nSPS) is 14.2. The summed E-state index contributed by atoms with van der Waals surface area (Å²) in [5, 5.41) is 3.18. The van der Waals surface area contributed by atoms with Gasteiger partial charge in [-0.25, -0.2) is 0 Å². The zero-order valence-electron chi connectivity index (χ0n) is 9.64. The van der Waals surface area contributed by atoms with E-state index in [1.807, 2.05) is 24.3 Å². The highest BCUT2D eigenvalue weighted by Gasteiger charge is 2.07. The molecule has 0 fully saturated rings. The Morgan fingerprint density at radius 3 is 2.50 bits per heavy atom. The molecule has 0 saturated heterocycles. The molecule has 90 valence electrons. The van der Waals surface area contributed by atoms with Gasteiger partial charge in [-0.3, -0.25) is 4.57 Å². The summed E-state index contributed by atoms with van der Waals surface area (Å²) in [6, 6.07) is 7.59. The van der Waals surface area contributed by atoms with Gasteiger partial charge in [-0.05, 0) is 30.7 Å². The Bertz CT molecular complexity index is 358. The lowest BCUT2D eigenvalue weighted by Crippen LogP contribution is -2.03. The van der Waals surface area contributed by atoms with Crippen molar-refractivity contribution in [2.45, 2.75) is 6.42 Å². The monoisotopic (exact) mass is 243 g/mol. The second kappa shape index (κ2) is 5.92. The van der Waals surface area contributed by atoms with E-state index in [1.165, 1.54) is 6.66 Å². The number of hydrogen-bond donors (Lipinski definition) is 2. The third-order valence-corrected chi connectivity index (χ3v) is 3.31. The van der Waals surface area contributed by atoms with Gasteiger partial charge in [-0.15, -0.1) is 0 Å². The summed E-state index contributed by atoms with van der Waals surface area (Å²) in [6.45, 7) is 2.09. The summed E-state index contributed by atoms with van der Waals surface area (Å²) in [6.07, 6.45) is 1.05. The highest BCUT2D eigenvalue weighted by atomic mass is 31.2. The molecule has 0 amide bonds. The number of rotatable bonds is 6. The second-order valence-electron chi connectivity index (χ2n) is 3.78. The number of nitrogens with one attached hydrogen (secondary N) is 1. The maximum atomic E-state index is 11.0. The molecule has 0 radical (unpaired) electrons. The van der Waals surface area contributed by atoms with Crippen LogP contribution in [-0.2, 0) is 4.57 Å². The van der Waals surface area contributed by atoms with Crippen LogP contribution in [0.15, 0.2) is 24.3 Å². The standard InChI is InChI=1S/C11H18NO3P/c1-15-11-6-4-10(5-7-11)12-8-3-9-16(2,13)14/h4-7,12H,3,8-9H2,1-2H3,(H,13,14). The Balaban J connectivity index is 2.29. The molecule has 0 spiro atoms. The van der Waals surface area contributed by atoms with E-state index in [0.29, 0.717) is 19.1 Å². The number of benzene rings is 1. The lowest BCUT2D eigenvalue weighted by molar-refractivity contribution is 0.415. The van der Waals surface area contributed by atoms with Crippen molar-refractivity contribution >= 4 is 13.1 Å². The summed E-state index contributed by atoms with van der Waals surface area (Å²) in [5.41, 5.74) is 0.990. The molecule has 1 atom stereocenters. The lowest BCUT2D eigenvalue weighted by atomic mass is 10.3. The van der Waals surface area contributed by atoms with E-state index in [-0.39, 0.29) is 0 Å². The smallest absolute Gasteiger partial charge is 0.197 e. The molecule has 1 rings (SSSR count). The van der Waals surface area contributed by atoms with Crippen LogP contribution in [0.4, 0.5) is 5.69 Å². The fraction of sp³-hybridized carbons (Fsp3) is 0.455. The molecular formula is C11H18NO3P. The van der Waals surface area contributed by atoms with Gasteiger partial charge in [0.25, 0.3) is 0 Å². The average Bonchev–Trinajstić information content (AvgIpc) is 2.24. The molecule has 0 aromatic heterocycles. The molecule has 16 heavy (non-hydrogen) atoms. The van der Waals surface area contributed by atoms with Gasteiger partial charge < -0.3 is 14.9 Å². The van der Waals surface area contributed by atoms with Crippen LogP contribution in [0.2, 0.25) is 0 Å². The molecule has 2 N–H and O–H groups in total. The van der Waals surface area contributed by atoms with Crippen molar-refractivity contribution < 1.29 is 14.2 Å². The summed E-state index contributed by atoms with van der Waals surface area (Å²) in [5.74, 6) is 0.818. The molecule has 0 saturated carbocycles. The Labute approximate surface area is 96.1 Å². The summed E-state index contributed by atoms with van der Waals surface area (Å²) in [7, 11) is -1.23. The van der Waals surface area contributed by atoms with Crippen molar-refractivity contribution in [3.8, 4) is 5.75 Å². The fourth-order valence-corrected chi connectivity index (χ4v) is 2.06. The molecule has 0 heterocycles. The van der Waals surface area contributed by atoms with Crippen LogP contribution in [0.25, 0.3) is 0 Å². The Kier molecular flexibility index (Phi) is 4.84. The van der Waals surface area contributed by atoms with Crippen LogP contribution in [0.3, 0.4) is 0 Å². The average molecular weight is 243 g/mol. The molecule has 0 aliphatic carbocycles. The zero-order valence-corrected chi connectivity index (χ0v) is 10.5. The summed E-state index contributed by atoms with van der Waals surface area (Å²) < 4.78 is 16.1. The minimum Gasteiger partial charge on any atom is -0.497 e. The van der Waals surface area contributed by atoms with Crippen LogP contribution in [-0.4, -0.2) is 31.4 Å². The summed E-state index contributed by atoms with van der Waals surface area (Å²) >= 11 is 0. The van der Waals surface area contributed by atoms with Gasteiger partial charge in [-0.1, -0.05) is 0 Å². The van der Waals surface area contributed by atoms with E-state index >= 15 is 0 Å². The number of hydrogen-bond acceptors (Lipinski definition) is 3. The van der Waals surface area contributed by atoms with E-state index in [9.17, 15) is 4.57 Å². The van der Waals surface area contributed by atoms with Crippen molar-refractivity contribution in [2.24, 2.45) is 0 Å². The zero-order chi connectivity index (χ0) is 12.0. The third kappa shape index (κ3) is 5.19. The van der Waals surface area contributed by atoms with Crippen molar-refractivity contribution in [3.63, 3.8) is 0 Å². The minimum atomic E-state index is -2.86. The quantitative estimate of drug-likeness (QED) is 0.595. The Morgan fingerprint density at radius 2 is 2.00 bits per heavy atom. The number of methoxy groups -OCH3 is 1. The molecule has 1 aromatic rings. The maximum Gasteiger partial charge on any atom is 0.197 e. The van der Waals surface area contributed by atoms with E-state index < -0.39 is 7.37 Å². The topological polar surface area (TPSA) is 58.6 Å². The molecule has 5 heteroatoms. The Hall–Kier alpha value is -0.990. The van der Waals surface area contributed by atoms with E-state index in [1.54, 1.807) is 7.11 Å². The van der Waals surface area contributed by atoms with Gasteiger partial charge in [0.05, 0.1) is 7.11 Å². The van der Waals surface area contributed by atoms with Gasteiger partial charge >= 0.3 is 0 Å². The molecule has 0 bridgehead atoms. The molecule has 0 aliphatic rings. The number of ether oxygens (including phenoxy) is 1. The van der Waals surface area contributed by atoms with Crippen LogP contribution < -0.4 is 10.1 Å². The van der Waals surface area contributed by atoms with Crippen LogP contribution in [0.5, 0.6) is 5.75 Å². The Morgan fingerprint density at radius 1 is 1.38 bits per heavy atom. The SMILES string of the molecule is COc1ccc(NCCCP(C)(=O)O)cc1. The highest BCUT2D eigenvalue weighted by Crippen LogP contribution is 2.35. The van der Waals surface area contributed by atoms with Crippen molar-refractivity contribution in [1.82, 2.24) is 0 Å². The van der Waals surface area contributed by atoms with Crippen LogP contribution >= 0.6 is 7.37 Å². The van der Waals surface area contributed by atoms with Gasteiger partial charge in [0.2, 0.25) is 0 Å². The van der Waals surface area contributed by atoms with Crippen molar-refractivity contribution in [2.75, 3.05) is 31.8 Å². The highest BCUT2D eigenvalue weighted by molar-refractivity contribution is 7.57. The molecular weight excluding hydrogens is 225 g/mol. The van der Waals surface area contributed by atoms with E-state index in [0.717, 1.165) is 11.4 Å². The first kappa shape index (κ1) is 13.1. The first-order valence-electron chi connectivity index (χ1n) is 5.18. The van der Waals surface area contributed by atoms with Gasteiger partial charge in [0, 0.05) is 25.1 Å². The van der Waals surface area contributed by atoms with E-state index in [4.69, 9.17) is 9.63 Å². The number of anilines is 1. The fourth-order valence-electron chi connectivity index (χ4n) is 1.31. The molecule has 1 unspecified atom stereocenters. The van der Waals surface area contributed by atoms with E-state index in [2.05, 4.69) is 5.32 Å². The predicted octanol–water partition coefficient (Wildman–Crippen LogP) is 2.40. The lowest BCUT2D eigenvalue weighted by Gasteiger charge is -2.08. The molecule has 4 nitrogen and oxygen atoms in total. The van der Waals surface area contributed by atoms with Gasteiger partial charge in [-0.2, -0.15) is 0 Å².